The van der Waals surface area contributed by atoms with E-state index in [9.17, 15) is 9.59 Å². The summed E-state index contributed by atoms with van der Waals surface area (Å²) in [5.41, 5.74) is 1.20. The van der Waals surface area contributed by atoms with Crippen molar-refractivity contribution in [1.29, 1.82) is 0 Å². The van der Waals surface area contributed by atoms with Crippen molar-refractivity contribution in [1.82, 2.24) is 14.9 Å². The van der Waals surface area contributed by atoms with Gasteiger partial charge < -0.3 is 19.4 Å². The van der Waals surface area contributed by atoms with E-state index in [2.05, 4.69) is 9.97 Å². The molecule has 7 nitrogen and oxygen atoms in total. The fourth-order valence-corrected chi connectivity index (χ4v) is 3.11. The van der Waals surface area contributed by atoms with Crippen molar-refractivity contribution in [2.45, 2.75) is 26.4 Å². The Kier molecular flexibility index (Phi) is 6.51. The van der Waals surface area contributed by atoms with Crippen molar-refractivity contribution < 1.29 is 14.3 Å². The van der Waals surface area contributed by atoms with Crippen molar-refractivity contribution in [3.05, 3.63) is 70.3 Å². The molecule has 0 fully saturated rings. The predicted molar refractivity (Wildman–Crippen MR) is 117 cm³/mol. The first kappa shape index (κ1) is 21.1. The van der Waals surface area contributed by atoms with Crippen LogP contribution in [0.15, 0.2) is 53.3 Å². The number of amides is 1. The van der Waals surface area contributed by atoms with Gasteiger partial charge in [0.05, 0.1) is 31.7 Å². The quantitative estimate of drug-likeness (QED) is 0.607. The van der Waals surface area contributed by atoms with Crippen molar-refractivity contribution in [2.24, 2.45) is 0 Å². The highest BCUT2D eigenvalue weighted by Crippen LogP contribution is 2.28. The van der Waals surface area contributed by atoms with Gasteiger partial charge in [0, 0.05) is 12.1 Å². The summed E-state index contributed by atoms with van der Waals surface area (Å²) >= 11 is 0. The summed E-state index contributed by atoms with van der Waals surface area (Å²) in [5.74, 6) is 1.47. The molecular weight excluding hydrogens is 382 g/mol. The smallest absolute Gasteiger partial charge is 0.258 e. The summed E-state index contributed by atoms with van der Waals surface area (Å²) < 4.78 is 10.5. The molecule has 7 heteroatoms. The molecule has 156 valence electrons. The second kappa shape index (κ2) is 9.26. The molecule has 0 atom stereocenters. The van der Waals surface area contributed by atoms with E-state index in [0.717, 1.165) is 5.56 Å². The van der Waals surface area contributed by atoms with Crippen molar-refractivity contribution >= 4 is 22.9 Å². The summed E-state index contributed by atoms with van der Waals surface area (Å²) in [6.07, 6.45) is 3.22. The summed E-state index contributed by atoms with van der Waals surface area (Å²) in [6.45, 7) is 4.04. The minimum atomic E-state index is -0.215. The predicted octanol–water partition coefficient (Wildman–Crippen LogP) is 3.39. The number of aromatic nitrogens is 2. The van der Waals surface area contributed by atoms with E-state index >= 15 is 0 Å². The second-order valence-electron chi connectivity index (χ2n) is 7.04. The minimum Gasteiger partial charge on any atom is -0.493 e. The first-order chi connectivity index (χ1) is 14.4. The molecule has 1 N–H and O–H groups in total. The highest BCUT2D eigenvalue weighted by Gasteiger charge is 2.17. The lowest BCUT2D eigenvalue weighted by molar-refractivity contribution is -0.128. The van der Waals surface area contributed by atoms with Gasteiger partial charge >= 0.3 is 0 Å². The number of para-hydroxylation sites is 1. The van der Waals surface area contributed by atoms with Crippen LogP contribution in [-0.2, 0) is 11.3 Å². The Morgan fingerprint density at radius 2 is 1.87 bits per heavy atom. The van der Waals surface area contributed by atoms with Crippen LogP contribution in [0.1, 0.15) is 25.2 Å². The van der Waals surface area contributed by atoms with E-state index in [4.69, 9.17) is 9.47 Å². The van der Waals surface area contributed by atoms with E-state index in [-0.39, 0.29) is 24.1 Å². The Labute approximate surface area is 175 Å². The van der Waals surface area contributed by atoms with Crippen LogP contribution >= 0.6 is 0 Å². The fourth-order valence-electron chi connectivity index (χ4n) is 3.11. The first-order valence-corrected chi connectivity index (χ1v) is 9.61. The Hall–Kier alpha value is -3.61. The number of ether oxygens (including phenoxy) is 2. The molecule has 1 amide bonds. The maximum Gasteiger partial charge on any atom is 0.258 e. The number of rotatable bonds is 7. The van der Waals surface area contributed by atoms with Gasteiger partial charge in [0.1, 0.15) is 5.82 Å². The average Bonchev–Trinajstić information content (AvgIpc) is 2.75. The minimum absolute atomic E-state index is 0.0793. The Morgan fingerprint density at radius 3 is 2.57 bits per heavy atom. The van der Waals surface area contributed by atoms with Crippen molar-refractivity contribution in [3.8, 4) is 11.5 Å². The standard InChI is InChI=1S/C23H25N3O4/c1-15(2)26(14-21-24-18-8-6-5-7-17(18)23(28)25-21)22(27)12-10-16-9-11-19(29-3)20(13-16)30-4/h5-13,15H,14H2,1-4H3,(H,24,25,28). The van der Waals surface area contributed by atoms with Crippen LogP contribution < -0.4 is 15.0 Å². The molecule has 1 aromatic heterocycles. The molecule has 2 aromatic carbocycles. The number of fused-ring (bicyclic) bond motifs is 1. The Morgan fingerprint density at radius 1 is 1.13 bits per heavy atom. The molecule has 1 heterocycles. The first-order valence-electron chi connectivity index (χ1n) is 9.61. The highest BCUT2D eigenvalue weighted by atomic mass is 16.5. The summed E-state index contributed by atoms with van der Waals surface area (Å²) in [7, 11) is 3.14. The third-order valence-electron chi connectivity index (χ3n) is 4.71. The molecule has 0 bridgehead atoms. The lowest BCUT2D eigenvalue weighted by Gasteiger charge is -2.25. The van der Waals surface area contributed by atoms with Crippen LogP contribution in [0.4, 0.5) is 0 Å². The van der Waals surface area contributed by atoms with Gasteiger partial charge in [-0.2, -0.15) is 0 Å². The summed E-state index contributed by atoms with van der Waals surface area (Å²) in [5, 5.41) is 0.525. The van der Waals surface area contributed by atoms with Gasteiger partial charge in [-0.1, -0.05) is 18.2 Å². The number of nitrogens with zero attached hydrogens (tertiary/aromatic N) is 2. The van der Waals surface area contributed by atoms with Gasteiger partial charge in [-0.3, -0.25) is 9.59 Å². The summed E-state index contributed by atoms with van der Waals surface area (Å²) in [4.78, 5) is 34.1. The number of H-pyrrole nitrogens is 1. The van der Waals surface area contributed by atoms with Crippen LogP contribution in [0.2, 0.25) is 0 Å². The maximum absolute atomic E-state index is 12.9. The van der Waals surface area contributed by atoms with Gasteiger partial charge in [-0.25, -0.2) is 4.98 Å². The van der Waals surface area contributed by atoms with Gasteiger partial charge in [-0.15, -0.1) is 0 Å². The lowest BCUT2D eigenvalue weighted by atomic mass is 10.1. The van der Waals surface area contributed by atoms with Crippen LogP contribution in [-0.4, -0.2) is 41.0 Å². The zero-order valence-electron chi connectivity index (χ0n) is 17.5. The Bertz CT molecular complexity index is 1130. The average molecular weight is 407 g/mol. The number of hydrogen-bond donors (Lipinski definition) is 1. The molecule has 0 unspecified atom stereocenters. The van der Waals surface area contributed by atoms with Crippen LogP contribution in [0.5, 0.6) is 11.5 Å². The Balaban J connectivity index is 1.82. The van der Waals surface area contributed by atoms with Crippen LogP contribution in [0.3, 0.4) is 0 Å². The van der Waals surface area contributed by atoms with Gasteiger partial charge in [0.2, 0.25) is 5.91 Å². The molecule has 0 radical (unpaired) electrons. The number of benzene rings is 2. The van der Waals surface area contributed by atoms with Gasteiger partial charge in [0.15, 0.2) is 11.5 Å². The maximum atomic E-state index is 12.9. The molecule has 3 rings (SSSR count). The third-order valence-corrected chi connectivity index (χ3v) is 4.71. The monoisotopic (exact) mass is 407 g/mol. The fraction of sp³-hybridized carbons (Fsp3) is 0.261. The largest absolute Gasteiger partial charge is 0.493 e. The second-order valence-corrected chi connectivity index (χ2v) is 7.04. The molecular formula is C23H25N3O4. The molecule has 0 aliphatic rings. The van der Waals surface area contributed by atoms with E-state index in [1.54, 1.807) is 55.5 Å². The number of nitrogens with one attached hydrogen (secondary N) is 1. The molecule has 3 aromatic rings. The molecule has 0 aliphatic heterocycles. The highest BCUT2D eigenvalue weighted by molar-refractivity contribution is 5.92. The number of aromatic amines is 1. The number of hydrogen-bond acceptors (Lipinski definition) is 5. The van der Waals surface area contributed by atoms with Crippen LogP contribution in [0.25, 0.3) is 17.0 Å². The summed E-state index contributed by atoms with van der Waals surface area (Å²) in [6, 6.07) is 12.5. The zero-order valence-corrected chi connectivity index (χ0v) is 17.5. The zero-order chi connectivity index (χ0) is 21.7. The SMILES string of the molecule is COc1ccc(C=CC(=O)N(Cc2nc3ccccc3c(=O)[nH]2)C(C)C)cc1OC. The van der Waals surface area contributed by atoms with Gasteiger partial charge in [0.25, 0.3) is 5.56 Å². The third kappa shape index (κ3) is 4.68. The van der Waals surface area contributed by atoms with E-state index in [1.807, 2.05) is 26.0 Å². The van der Waals surface area contributed by atoms with E-state index in [0.29, 0.717) is 28.2 Å². The van der Waals surface area contributed by atoms with Crippen molar-refractivity contribution in [2.75, 3.05) is 14.2 Å². The molecule has 0 saturated carbocycles. The number of carbonyl (C=O) groups excluding carboxylic acids is 1. The van der Waals surface area contributed by atoms with Crippen molar-refractivity contribution in [3.63, 3.8) is 0 Å². The normalized spacial score (nSPS) is 11.2. The van der Waals surface area contributed by atoms with Gasteiger partial charge in [-0.05, 0) is 49.8 Å². The molecule has 0 spiro atoms. The topological polar surface area (TPSA) is 84.5 Å². The number of methoxy groups -OCH3 is 2. The molecule has 30 heavy (non-hydrogen) atoms. The number of carbonyl (C=O) groups is 1. The van der Waals surface area contributed by atoms with E-state index < -0.39 is 0 Å². The lowest BCUT2D eigenvalue weighted by Crippen LogP contribution is -2.36. The van der Waals surface area contributed by atoms with Crippen LogP contribution in [0, 0.1) is 0 Å². The molecule has 0 saturated heterocycles. The van der Waals surface area contributed by atoms with E-state index in [1.165, 1.54) is 6.08 Å². The molecule has 0 aliphatic carbocycles.